The molecule has 0 saturated heterocycles. The number of unbranched alkanes of at least 4 members (excludes halogenated alkanes) is 1. The zero-order chi connectivity index (χ0) is 21.5. The van der Waals surface area contributed by atoms with Crippen LogP contribution in [0.15, 0.2) is 38.9 Å². The van der Waals surface area contributed by atoms with Crippen molar-refractivity contribution in [2.24, 2.45) is 5.92 Å². The molecule has 0 amide bonds. The van der Waals surface area contributed by atoms with E-state index in [-0.39, 0.29) is 0 Å². The Morgan fingerprint density at radius 2 is 1.93 bits per heavy atom. The summed E-state index contributed by atoms with van der Waals surface area (Å²) in [6.45, 7) is 9.22. The first-order chi connectivity index (χ1) is 14.2. The highest BCUT2D eigenvalue weighted by molar-refractivity contribution is 9.10. The SMILES string of the molecule is CC(C)CCCCn1c(Sc2cc3c(cc2Br)OC(C)(C)O3)nc2c(N)nccc21. The Hall–Kier alpha value is -1.93. The number of nitrogens with two attached hydrogens (primary N) is 1. The Bertz CT molecular complexity index is 1080. The third-order valence-electron chi connectivity index (χ3n) is 4.98. The lowest BCUT2D eigenvalue weighted by Crippen LogP contribution is -2.29. The number of pyridine rings is 1. The fourth-order valence-electron chi connectivity index (χ4n) is 3.57. The van der Waals surface area contributed by atoms with Crippen LogP contribution in [0.3, 0.4) is 0 Å². The molecular formula is C22H27BrN4O2S. The van der Waals surface area contributed by atoms with E-state index in [0.29, 0.717) is 11.7 Å². The van der Waals surface area contributed by atoms with Crippen molar-refractivity contribution in [1.82, 2.24) is 14.5 Å². The molecule has 0 aliphatic carbocycles. The van der Waals surface area contributed by atoms with E-state index in [1.54, 1.807) is 18.0 Å². The number of hydrogen-bond acceptors (Lipinski definition) is 6. The van der Waals surface area contributed by atoms with Crippen LogP contribution < -0.4 is 15.2 Å². The van der Waals surface area contributed by atoms with Crippen molar-refractivity contribution in [3.05, 3.63) is 28.9 Å². The van der Waals surface area contributed by atoms with Crippen LogP contribution in [0.1, 0.15) is 47.0 Å². The van der Waals surface area contributed by atoms with Gasteiger partial charge in [-0.2, -0.15) is 0 Å². The van der Waals surface area contributed by atoms with Gasteiger partial charge in [0, 0.05) is 36.0 Å². The van der Waals surface area contributed by atoms with E-state index in [0.717, 1.165) is 50.0 Å². The van der Waals surface area contributed by atoms with Gasteiger partial charge in [-0.3, -0.25) is 0 Å². The summed E-state index contributed by atoms with van der Waals surface area (Å²) in [4.78, 5) is 10.1. The average molecular weight is 491 g/mol. The lowest BCUT2D eigenvalue weighted by atomic mass is 10.1. The van der Waals surface area contributed by atoms with E-state index in [4.69, 9.17) is 20.2 Å². The molecule has 2 aromatic heterocycles. The number of anilines is 1. The van der Waals surface area contributed by atoms with E-state index in [1.165, 1.54) is 12.8 Å². The zero-order valence-electron chi connectivity index (χ0n) is 17.7. The van der Waals surface area contributed by atoms with Gasteiger partial charge in [0.05, 0.1) is 5.52 Å². The molecule has 1 aliphatic heterocycles. The molecule has 0 radical (unpaired) electrons. The molecule has 3 aromatic rings. The molecule has 4 rings (SSSR count). The number of fused-ring (bicyclic) bond motifs is 2. The fourth-order valence-corrected chi connectivity index (χ4v) is 5.09. The molecule has 0 spiro atoms. The molecule has 6 nitrogen and oxygen atoms in total. The van der Waals surface area contributed by atoms with Gasteiger partial charge in [-0.15, -0.1) is 0 Å². The van der Waals surface area contributed by atoms with Gasteiger partial charge in [0.15, 0.2) is 22.5 Å². The minimum absolute atomic E-state index is 0.460. The summed E-state index contributed by atoms with van der Waals surface area (Å²) in [5, 5.41) is 0.896. The van der Waals surface area contributed by atoms with Gasteiger partial charge >= 0.3 is 0 Å². The van der Waals surface area contributed by atoms with Gasteiger partial charge < -0.3 is 19.8 Å². The highest BCUT2D eigenvalue weighted by atomic mass is 79.9. The van der Waals surface area contributed by atoms with E-state index < -0.39 is 5.79 Å². The molecule has 160 valence electrons. The molecule has 2 N–H and O–H groups in total. The van der Waals surface area contributed by atoms with Crippen molar-refractivity contribution in [3.63, 3.8) is 0 Å². The Morgan fingerprint density at radius 1 is 1.20 bits per heavy atom. The van der Waals surface area contributed by atoms with Crippen LogP contribution in [0.25, 0.3) is 11.0 Å². The monoisotopic (exact) mass is 490 g/mol. The molecule has 8 heteroatoms. The number of nitrogens with zero attached hydrogens (tertiary/aromatic N) is 3. The minimum Gasteiger partial charge on any atom is -0.449 e. The van der Waals surface area contributed by atoms with Gasteiger partial charge in [-0.1, -0.05) is 38.5 Å². The number of halogens is 1. The van der Waals surface area contributed by atoms with E-state index in [9.17, 15) is 0 Å². The van der Waals surface area contributed by atoms with Crippen molar-refractivity contribution in [3.8, 4) is 11.5 Å². The number of aromatic nitrogens is 3. The molecule has 0 saturated carbocycles. The summed E-state index contributed by atoms with van der Waals surface area (Å²) >= 11 is 5.27. The van der Waals surface area contributed by atoms with Crippen molar-refractivity contribution in [2.75, 3.05) is 5.73 Å². The lowest BCUT2D eigenvalue weighted by Gasteiger charge is -2.16. The quantitative estimate of drug-likeness (QED) is 0.393. The highest BCUT2D eigenvalue weighted by Gasteiger charge is 2.32. The molecule has 1 aromatic carbocycles. The van der Waals surface area contributed by atoms with E-state index in [1.807, 2.05) is 32.0 Å². The third kappa shape index (κ3) is 4.39. The maximum Gasteiger partial charge on any atom is 0.246 e. The largest absolute Gasteiger partial charge is 0.449 e. The number of imidazole rings is 1. The number of benzene rings is 1. The molecule has 30 heavy (non-hydrogen) atoms. The Labute approximate surface area is 189 Å². The maximum absolute atomic E-state index is 6.12. The van der Waals surface area contributed by atoms with Gasteiger partial charge in [0.2, 0.25) is 5.79 Å². The summed E-state index contributed by atoms with van der Waals surface area (Å²) < 4.78 is 15.0. The Balaban J connectivity index is 1.66. The second-order valence-corrected chi connectivity index (χ2v) is 10.3. The van der Waals surface area contributed by atoms with Crippen LogP contribution in [-0.2, 0) is 6.54 Å². The van der Waals surface area contributed by atoms with Crippen LogP contribution in [0.5, 0.6) is 11.5 Å². The van der Waals surface area contributed by atoms with E-state index >= 15 is 0 Å². The first-order valence-corrected chi connectivity index (χ1v) is 11.8. The molecule has 0 bridgehead atoms. The summed E-state index contributed by atoms with van der Waals surface area (Å²) in [6, 6.07) is 5.95. The second-order valence-electron chi connectivity index (χ2n) is 8.43. The van der Waals surface area contributed by atoms with Crippen molar-refractivity contribution < 1.29 is 9.47 Å². The van der Waals surface area contributed by atoms with Gasteiger partial charge in [0.25, 0.3) is 0 Å². The molecular weight excluding hydrogens is 464 g/mol. The van der Waals surface area contributed by atoms with Crippen LogP contribution in [0, 0.1) is 5.92 Å². The standard InChI is InChI=1S/C22H27BrN4O2S/c1-13(2)7-5-6-10-27-15-8-9-25-20(24)19(15)26-21(27)30-18-12-17-16(11-14(18)23)28-22(3,4)29-17/h8-9,11-13H,5-7,10H2,1-4H3,(H2,24,25). The number of nitrogen functional groups attached to an aromatic ring is 1. The fraction of sp³-hybridized carbons (Fsp3) is 0.455. The number of rotatable bonds is 7. The minimum atomic E-state index is -0.658. The normalized spacial score (nSPS) is 14.7. The first kappa shape index (κ1) is 21.3. The Kier molecular flexibility index (Phi) is 5.90. The molecule has 1 aliphatic rings. The van der Waals surface area contributed by atoms with Crippen LogP contribution in [0.2, 0.25) is 0 Å². The second kappa shape index (κ2) is 8.30. The first-order valence-electron chi connectivity index (χ1n) is 10.2. The average Bonchev–Trinajstić information content (AvgIpc) is 3.15. The topological polar surface area (TPSA) is 75.2 Å². The van der Waals surface area contributed by atoms with E-state index in [2.05, 4.69) is 39.3 Å². The number of ether oxygens (including phenoxy) is 2. The molecule has 0 fully saturated rings. The predicted octanol–water partition coefficient (Wildman–Crippen LogP) is 6.26. The van der Waals surface area contributed by atoms with Crippen molar-refractivity contribution >= 4 is 44.5 Å². The van der Waals surface area contributed by atoms with Gasteiger partial charge in [-0.05, 0) is 46.5 Å². The van der Waals surface area contributed by atoms with Crippen LogP contribution >= 0.6 is 27.7 Å². The summed E-state index contributed by atoms with van der Waals surface area (Å²) in [5.74, 6) is 2.00. The summed E-state index contributed by atoms with van der Waals surface area (Å²) in [7, 11) is 0. The van der Waals surface area contributed by atoms with Crippen molar-refractivity contribution in [1.29, 1.82) is 0 Å². The Morgan fingerprint density at radius 3 is 2.67 bits per heavy atom. The van der Waals surface area contributed by atoms with Gasteiger partial charge in [0.1, 0.15) is 5.52 Å². The smallest absolute Gasteiger partial charge is 0.246 e. The number of hydrogen-bond donors (Lipinski definition) is 1. The van der Waals surface area contributed by atoms with Crippen LogP contribution in [0.4, 0.5) is 5.82 Å². The zero-order valence-corrected chi connectivity index (χ0v) is 20.1. The predicted molar refractivity (Wildman–Crippen MR) is 124 cm³/mol. The highest BCUT2D eigenvalue weighted by Crippen LogP contribution is 2.46. The number of aryl methyl sites for hydroxylation is 1. The summed E-state index contributed by atoms with van der Waals surface area (Å²) in [5.41, 5.74) is 7.89. The third-order valence-corrected chi connectivity index (χ3v) is 6.96. The summed E-state index contributed by atoms with van der Waals surface area (Å²) in [6.07, 6.45) is 5.25. The van der Waals surface area contributed by atoms with Crippen molar-refractivity contribution in [2.45, 2.75) is 69.3 Å². The lowest BCUT2D eigenvalue weighted by molar-refractivity contribution is -0.0432. The van der Waals surface area contributed by atoms with Crippen LogP contribution in [-0.4, -0.2) is 20.3 Å². The molecule has 0 unspecified atom stereocenters. The molecule has 0 atom stereocenters. The molecule has 3 heterocycles. The maximum atomic E-state index is 6.12. The van der Waals surface area contributed by atoms with Gasteiger partial charge in [-0.25, -0.2) is 9.97 Å².